The first kappa shape index (κ1) is 30.0. The van der Waals surface area contributed by atoms with Crippen LogP contribution in [-0.2, 0) is 26.4 Å². The van der Waals surface area contributed by atoms with Crippen molar-refractivity contribution in [3.8, 4) is 0 Å². The second-order valence-corrected chi connectivity index (χ2v) is 13.5. The van der Waals surface area contributed by atoms with E-state index in [0.717, 1.165) is 54.1 Å². The third kappa shape index (κ3) is 5.76. The van der Waals surface area contributed by atoms with Gasteiger partial charge in [-0.3, -0.25) is 9.69 Å². The second kappa shape index (κ2) is 12.2. The molecule has 6 rings (SSSR count). The van der Waals surface area contributed by atoms with E-state index in [2.05, 4.69) is 16.4 Å². The summed E-state index contributed by atoms with van der Waals surface area (Å²) in [5.74, 6) is -0.0471. The number of likely N-dealkylation sites (tertiary alicyclic amines) is 2. The summed E-state index contributed by atoms with van der Waals surface area (Å²) in [6.07, 6.45) is 7.22. The van der Waals surface area contributed by atoms with Crippen LogP contribution in [0.25, 0.3) is 10.9 Å². The average Bonchev–Trinajstić information content (AvgIpc) is 3.71. The van der Waals surface area contributed by atoms with Crippen molar-refractivity contribution in [3.63, 3.8) is 0 Å². The summed E-state index contributed by atoms with van der Waals surface area (Å²) < 4.78 is 11.5. The van der Waals surface area contributed by atoms with Gasteiger partial charge in [0.15, 0.2) is 0 Å². The molecule has 0 spiro atoms. The van der Waals surface area contributed by atoms with Crippen molar-refractivity contribution < 1.29 is 23.9 Å². The molecule has 2 aromatic carbocycles. The molecule has 3 aromatic rings. The number of alkyl carbamates (subject to hydrolysis) is 1. The number of para-hydroxylation sites is 1. The van der Waals surface area contributed by atoms with Crippen molar-refractivity contribution in [1.82, 2.24) is 20.1 Å². The predicted molar refractivity (Wildman–Crippen MR) is 168 cm³/mol. The fourth-order valence-corrected chi connectivity index (χ4v) is 7.70. The van der Waals surface area contributed by atoms with Crippen LogP contribution in [0.15, 0.2) is 60.8 Å². The number of carbonyl (C=O) groups is 3. The third-order valence-electron chi connectivity index (χ3n) is 9.59. The van der Waals surface area contributed by atoms with Crippen LogP contribution in [0.4, 0.5) is 9.59 Å². The van der Waals surface area contributed by atoms with Crippen LogP contribution in [0.2, 0.25) is 0 Å². The number of benzene rings is 2. The van der Waals surface area contributed by atoms with Gasteiger partial charge in [-0.1, -0.05) is 67.8 Å². The summed E-state index contributed by atoms with van der Waals surface area (Å²) in [6.45, 7) is 6.59. The van der Waals surface area contributed by atoms with Crippen molar-refractivity contribution in [2.24, 2.45) is 5.92 Å². The maximum atomic E-state index is 14.6. The summed E-state index contributed by atoms with van der Waals surface area (Å²) in [6, 6.07) is 16.8. The van der Waals surface area contributed by atoms with E-state index in [0.29, 0.717) is 25.9 Å². The van der Waals surface area contributed by atoms with E-state index in [4.69, 9.17) is 9.47 Å². The molecule has 9 nitrogen and oxygen atoms in total. The number of rotatable bonds is 6. The lowest BCUT2D eigenvalue weighted by molar-refractivity contribution is -0.136. The Balaban J connectivity index is 1.32. The van der Waals surface area contributed by atoms with Crippen molar-refractivity contribution in [1.29, 1.82) is 0 Å². The lowest BCUT2D eigenvalue weighted by atomic mass is 9.82. The molecule has 3 fully saturated rings. The minimum absolute atomic E-state index is 0.0419. The standard InChI is InChI=1S/C35H44N4O5/c1-34(2,3)44-32(41)37-30(25-14-8-5-9-15-25)31(40)38-21-19-35(27-22-36-28-17-11-10-16-26(27)28)29(38)18-20-39(35)33(42)43-23-24-12-6-4-7-13-24/h4,6-7,10-13,16-17,22,25,29-30,36H,5,8-9,14-15,18-21,23H2,1-3H3,(H,37,41)/t29-,30+,35-/m1/s1. The highest BCUT2D eigenvalue weighted by Gasteiger charge is 2.61. The fourth-order valence-electron chi connectivity index (χ4n) is 7.70. The van der Waals surface area contributed by atoms with Gasteiger partial charge in [-0.25, -0.2) is 9.59 Å². The smallest absolute Gasteiger partial charge is 0.410 e. The van der Waals surface area contributed by atoms with E-state index < -0.39 is 23.3 Å². The number of aromatic amines is 1. The van der Waals surface area contributed by atoms with E-state index >= 15 is 0 Å². The van der Waals surface area contributed by atoms with Gasteiger partial charge >= 0.3 is 12.2 Å². The van der Waals surface area contributed by atoms with Gasteiger partial charge in [0.1, 0.15) is 18.2 Å². The molecule has 1 aliphatic carbocycles. The first-order valence-electron chi connectivity index (χ1n) is 16.0. The third-order valence-corrected chi connectivity index (χ3v) is 9.59. The fraction of sp³-hybridized carbons (Fsp3) is 0.514. The molecule has 0 unspecified atom stereocenters. The number of hydrogen-bond acceptors (Lipinski definition) is 5. The molecule has 1 aromatic heterocycles. The summed E-state index contributed by atoms with van der Waals surface area (Å²) in [5, 5.41) is 4.02. The Morgan fingerprint density at radius 1 is 0.977 bits per heavy atom. The number of H-pyrrole nitrogens is 1. The van der Waals surface area contributed by atoms with Crippen LogP contribution in [-0.4, -0.2) is 63.7 Å². The van der Waals surface area contributed by atoms with E-state index in [9.17, 15) is 14.4 Å². The Kier molecular flexibility index (Phi) is 8.31. The van der Waals surface area contributed by atoms with Gasteiger partial charge in [0, 0.05) is 35.8 Å². The average molecular weight is 601 g/mol. The quantitative estimate of drug-likeness (QED) is 0.337. The summed E-state index contributed by atoms with van der Waals surface area (Å²) >= 11 is 0. The number of nitrogens with one attached hydrogen (secondary N) is 2. The van der Waals surface area contributed by atoms with Crippen LogP contribution in [0.5, 0.6) is 0 Å². The molecule has 0 bridgehead atoms. The monoisotopic (exact) mass is 600 g/mol. The van der Waals surface area contributed by atoms with Gasteiger partial charge < -0.3 is 24.7 Å². The maximum Gasteiger partial charge on any atom is 0.410 e. The molecule has 3 atom stereocenters. The molecule has 3 aliphatic rings. The first-order chi connectivity index (χ1) is 21.2. The van der Waals surface area contributed by atoms with Crippen LogP contribution < -0.4 is 5.32 Å². The molecule has 2 saturated heterocycles. The number of nitrogens with zero attached hydrogens (tertiary/aromatic N) is 2. The Morgan fingerprint density at radius 3 is 2.45 bits per heavy atom. The molecule has 3 amide bonds. The van der Waals surface area contributed by atoms with Crippen LogP contribution in [0.1, 0.15) is 76.8 Å². The van der Waals surface area contributed by atoms with Gasteiger partial charge in [-0.05, 0) is 64.0 Å². The zero-order valence-corrected chi connectivity index (χ0v) is 26.0. The number of fused-ring (bicyclic) bond motifs is 2. The molecular formula is C35H44N4O5. The zero-order chi connectivity index (χ0) is 30.9. The van der Waals surface area contributed by atoms with Crippen molar-refractivity contribution in [3.05, 3.63) is 71.9 Å². The number of carbonyl (C=O) groups excluding carboxylic acids is 3. The predicted octanol–water partition coefficient (Wildman–Crippen LogP) is 6.48. The molecule has 2 aliphatic heterocycles. The number of hydrogen-bond donors (Lipinski definition) is 2. The largest absolute Gasteiger partial charge is 0.445 e. The van der Waals surface area contributed by atoms with E-state index in [-0.39, 0.29) is 30.6 Å². The highest BCUT2D eigenvalue weighted by molar-refractivity contribution is 5.89. The highest BCUT2D eigenvalue weighted by Crippen LogP contribution is 2.51. The van der Waals surface area contributed by atoms with Gasteiger partial charge in [-0.15, -0.1) is 0 Å². The Labute approximate surface area is 259 Å². The van der Waals surface area contributed by atoms with Crippen LogP contribution in [0.3, 0.4) is 0 Å². The SMILES string of the molecule is CC(C)(C)OC(=O)N[C@H](C(=O)N1CC[C@@]2(c3c[nH]c4ccccc34)[C@H]1CCN2C(=O)OCc1ccccc1)C1CCCCC1. The van der Waals surface area contributed by atoms with Gasteiger partial charge in [0.05, 0.1) is 11.6 Å². The summed E-state index contributed by atoms with van der Waals surface area (Å²) in [5.41, 5.74) is 1.47. The van der Waals surface area contributed by atoms with Gasteiger partial charge in [0.25, 0.3) is 0 Å². The molecule has 1 saturated carbocycles. The first-order valence-corrected chi connectivity index (χ1v) is 16.0. The maximum absolute atomic E-state index is 14.6. The Bertz CT molecular complexity index is 1490. The normalized spacial score (nSPS) is 22.9. The molecule has 9 heteroatoms. The molecular weight excluding hydrogens is 556 g/mol. The molecule has 0 radical (unpaired) electrons. The van der Waals surface area contributed by atoms with E-state index in [1.165, 1.54) is 0 Å². The molecule has 234 valence electrons. The van der Waals surface area contributed by atoms with Crippen LogP contribution in [0, 0.1) is 5.92 Å². The number of amides is 3. The highest BCUT2D eigenvalue weighted by atomic mass is 16.6. The summed E-state index contributed by atoms with van der Waals surface area (Å²) in [7, 11) is 0. The Morgan fingerprint density at radius 2 is 1.70 bits per heavy atom. The molecule has 2 N–H and O–H groups in total. The van der Waals surface area contributed by atoms with Gasteiger partial charge in [0.2, 0.25) is 5.91 Å². The van der Waals surface area contributed by atoms with Crippen LogP contribution >= 0.6 is 0 Å². The Hall–Kier alpha value is -4.01. The van der Waals surface area contributed by atoms with Crippen molar-refractivity contribution in [2.75, 3.05) is 13.1 Å². The van der Waals surface area contributed by atoms with E-state index in [1.54, 1.807) is 0 Å². The summed E-state index contributed by atoms with van der Waals surface area (Å²) in [4.78, 5) is 48.6. The minimum atomic E-state index is -0.758. The lowest BCUT2D eigenvalue weighted by Gasteiger charge is -2.40. The topological polar surface area (TPSA) is 104 Å². The number of aromatic nitrogens is 1. The zero-order valence-electron chi connectivity index (χ0n) is 26.0. The number of ether oxygens (including phenoxy) is 2. The minimum Gasteiger partial charge on any atom is -0.445 e. The van der Waals surface area contributed by atoms with Gasteiger partial charge in [-0.2, -0.15) is 0 Å². The van der Waals surface area contributed by atoms with E-state index in [1.807, 2.05) is 85.3 Å². The van der Waals surface area contributed by atoms with Crippen molar-refractivity contribution in [2.45, 2.75) is 95.5 Å². The molecule has 44 heavy (non-hydrogen) atoms. The van der Waals surface area contributed by atoms with Crippen molar-refractivity contribution >= 4 is 29.0 Å². The lowest BCUT2D eigenvalue weighted by Crippen LogP contribution is -2.56. The second-order valence-electron chi connectivity index (χ2n) is 13.5. The molecule has 3 heterocycles.